The second-order valence-corrected chi connectivity index (χ2v) is 5.31. The molecule has 0 radical (unpaired) electrons. The number of non-ortho nitro benzene ring substituents is 1. The van der Waals surface area contributed by atoms with E-state index in [0.717, 1.165) is 12.0 Å². The molecule has 6 heteroatoms. The van der Waals surface area contributed by atoms with Crippen LogP contribution in [0.4, 0.5) is 5.69 Å². The number of nitrogens with zero attached hydrogens (tertiary/aromatic N) is 2. The highest BCUT2D eigenvalue weighted by atomic mass is 16.6. The van der Waals surface area contributed by atoms with E-state index >= 15 is 0 Å². The summed E-state index contributed by atoms with van der Waals surface area (Å²) in [6, 6.07) is 4.62. The van der Waals surface area contributed by atoms with Crippen molar-refractivity contribution in [3.05, 3.63) is 33.9 Å². The smallest absolute Gasteiger partial charge is 0.270 e. The van der Waals surface area contributed by atoms with Crippen molar-refractivity contribution in [2.75, 3.05) is 20.2 Å². The fraction of sp³-hybridized carbons (Fsp3) is 0.533. The van der Waals surface area contributed by atoms with Gasteiger partial charge in [0, 0.05) is 49.7 Å². The molecule has 1 aromatic carbocycles. The molecule has 6 nitrogen and oxygen atoms in total. The minimum atomic E-state index is -0.405. The Labute approximate surface area is 123 Å². The van der Waals surface area contributed by atoms with Gasteiger partial charge in [-0.1, -0.05) is 6.92 Å². The second-order valence-electron chi connectivity index (χ2n) is 5.31. The second kappa shape index (κ2) is 6.67. The molecule has 0 bridgehead atoms. The fourth-order valence-electron chi connectivity index (χ4n) is 2.72. The van der Waals surface area contributed by atoms with E-state index in [1.165, 1.54) is 6.07 Å². The summed E-state index contributed by atoms with van der Waals surface area (Å²) in [4.78, 5) is 24.4. The number of benzene rings is 1. The van der Waals surface area contributed by atoms with E-state index in [0.29, 0.717) is 37.6 Å². The molecule has 1 fully saturated rings. The van der Waals surface area contributed by atoms with Crippen LogP contribution in [0, 0.1) is 16.0 Å². The van der Waals surface area contributed by atoms with E-state index in [-0.39, 0.29) is 11.6 Å². The topological polar surface area (TPSA) is 72.7 Å². The maximum Gasteiger partial charge on any atom is 0.270 e. The van der Waals surface area contributed by atoms with Crippen LogP contribution < -0.4 is 4.74 Å². The molecule has 0 N–H and O–H groups in total. The molecule has 1 aliphatic rings. The molecule has 2 rings (SSSR count). The Morgan fingerprint density at radius 2 is 2.24 bits per heavy atom. The van der Waals surface area contributed by atoms with Gasteiger partial charge in [-0.25, -0.2) is 0 Å². The SMILES string of the molecule is CCC1CN(Cc2cc([N+](=O)[O-])ccc2OC)CCC1=O. The number of piperidine rings is 1. The Morgan fingerprint density at radius 3 is 2.86 bits per heavy atom. The van der Waals surface area contributed by atoms with E-state index < -0.39 is 4.92 Å². The van der Waals surface area contributed by atoms with Crippen molar-refractivity contribution in [2.45, 2.75) is 26.3 Å². The molecular weight excluding hydrogens is 272 g/mol. The molecule has 1 saturated heterocycles. The highest BCUT2D eigenvalue weighted by Crippen LogP contribution is 2.27. The molecule has 0 spiro atoms. The third kappa shape index (κ3) is 3.58. The Morgan fingerprint density at radius 1 is 1.48 bits per heavy atom. The Kier molecular flexibility index (Phi) is 4.90. The standard InChI is InChI=1S/C15H20N2O4/c1-3-11-9-16(7-6-14(11)18)10-12-8-13(17(19)20)4-5-15(12)21-2/h4-5,8,11H,3,6-7,9-10H2,1-2H3. The summed E-state index contributed by atoms with van der Waals surface area (Å²) >= 11 is 0. The number of hydrogen-bond donors (Lipinski definition) is 0. The van der Waals surface area contributed by atoms with Gasteiger partial charge >= 0.3 is 0 Å². The van der Waals surface area contributed by atoms with Crippen molar-refractivity contribution in [2.24, 2.45) is 5.92 Å². The number of nitro benzene ring substituents is 1. The largest absolute Gasteiger partial charge is 0.496 e. The third-order valence-corrected chi connectivity index (χ3v) is 3.97. The lowest BCUT2D eigenvalue weighted by molar-refractivity contribution is -0.385. The third-order valence-electron chi connectivity index (χ3n) is 3.97. The lowest BCUT2D eigenvalue weighted by Crippen LogP contribution is -2.40. The van der Waals surface area contributed by atoms with Crippen molar-refractivity contribution < 1.29 is 14.5 Å². The first-order valence-corrected chi connectivity index (χ1v) is 7.11. The number of likely N-dealkylation sites (tertiary alicyclic amines) is 1. The number of carbonyl (C=O) groups excluding carboxylic acids is 1. The van der Waals surface area contributed by atoms with E-state index in [4.69, 9.17) is 4.74 Å². The van der Waals surface area contributed by atoms with Gasteiger partial charge in [0.2, 0.25) is 0 Å². The zero-order valence-corrected chi connectivity index (χ0v) is 12.4. The molecule has 114 valence electrons. The normalized spacial score (nSPS) is 19.5. The molecule has 1 unspecified atom stereocenters. The number of Topliss-reactive ketones (excluding diaryl/α,β-unsaturated/α-hetero) is 1. The van der Waals surface area contributed by atoms with Crippen LogP contribution in [0.15, 0.2) is 18.2 Å². The average Bonchev–Trinajstić information content (AvgIpc) is 2.49. The Balaban J connectivity index is 2.16. The number of ketones is 1. The van der Waals surface area contributed by atoms with Crippen LogP contribution >= 0.6 is 0 Å². The van der Waals surface area contributed by atoms with Crippen LogP contribution in [0.1, 0.15) is 25.3 Å². The van der Waals surface area contributed by atoms with Crippen LogP contribution in [0.3, 0.4) is 0 Å². The maximum absolute atomic E-state index is 11.7. The Hall–Kier alpha value is -1.95. The maximum atomic E-state index is 11.7. The molecule has 1 heterocycles. The number of carbonyl (C=O) groups is 1. The molecule has 1 atom stereocenters. The molecule has 0 aliphatic carbocycles. The quantitative estimate of drug-likeness (QED) is 0.615. The van der Waals surface area contributed by atoms with Gasteiger partial charge in [0.1, 0.15) is 11.5 Å². The molecule has 0 aromatic heterocycles. The lowest BCUT2D eigenvalue weighted by Gasteiger charge is -2.31. The average molecular weight is 292 g/mol. The zero-order valence-electron chi connectivity index (χ0n) is 12.4. The number of rotatable bonds is 5. The van der Waals surface area contributed by atoms with Crippen molar-refractivity contribution in [3.63, 3.8) is 0 Å². The fourth-order valence-corrected chi connectivity index (χ4v) is 2.72. The highest BCUT2D eigenvalue weighted by Gasteiger charge is 2.26. The van der Waals surface area contributed by atoms with E-state index in [2.05, 4.69) is 4.90 Å². The highest BCUT2D eigenvalue weighted by molar-refractivity contribution is 5.82. The summed E-state index contributed by atoms with van der Waals surface area (Å²) in [6.45, 7) is 3.98. The van der Waals surface area contributed by atoms with Crippen molar-refractivity contribution in [1.29, 1.82) is 0 Å². The van der Waals surface area contributed by atoms with Gasteiger partial charge in [0.15, 0.2) is 0 Å². The van der Waals surface area contributed by atoms with Gasteiger partial charge in [0.25, 0.3) is 5.69 Å². The monoisotopic (exact) mass is 292 g/mol. The van der Waals surface area contributed by atoms with Gasteiger partial charge in [-0.3, -0.25) is 19.8 Å². The summed E-state index contributed by atoms with van der Waals surface area (Å²) < 4.78 is 5.28. The van der Waals surface area contributed by atoms with Gasteiger partial charge in [-0.05, 0) is 12.5 Å². The van der Waals surface area contributed by atoms with Crippen LogP contribution in [0.2, 0.25) is 0 Å². The Bertz CT molecular complexity index is 544. The summed E-state index contributed by atoms with van der Waals surface area (Å²) in [5.41, 5.74) is 0.849. The molecule has 0 saturated carbocycles. The minimum Gasteiger partial charge on any atom is -0.496 e. The van der Waals surface area contributed by atoms with Gasteiger partial charge < -0.3 is 4.74 Å². The van der Waals surface area contributed by atoms with Crippen molar-refractivity contribution in [3.8, 4) is 5.75 Å². The van der Waals surface area contributed by atoms with Crippen molar-refractivity contribution in [1.82, 2.24) is 4.90 Å². The van der Waals surface area contributed by atoms with Gasteiger partial charge in [-0.15, -0.1) is 0 Å². The summed E-state index contributed by atoms with van der Waals surface area (Å²) in [5.74, 6) is 1.04. The first kappa shape index (κ1) is 15.4. The van der Waals surface area contributed by atoms with Crippen LogP contribution in [-0.2, 0) is 11.3 Å². The van der Waals surface area contributed by atoms with Crippen LogP contribution in [0.5, 0.6) is 5.75 Å². The molecule has 1 aliphatic heterocycles. The number of methoxy groups -OCH3 is 1. The summed E-state index contributed by atoms with van der Waals surface area (Å²) in [6.07, 6.45) is 1.39. The molecular formula is C15H20N2O4. The first-order valence-electron chi connectivity index (χ1n) is 7.11. The summed E-state index contributed by atoms with van der Waals surface area (Å²) in [5, 5.41) is 10.9. The van der Waals surface area contributed by atoms with E-state index in [9.17, 15) is 14.9 Å². The predicted molar refractivity (Wildman–Crippen MR) is 78.3 cm³/mol. The van der Waals surface area contributed by atoms with E-state index in [1.807, 2.05) is 6.92 Å². The van der Waals surface area contributed by atoms with Crippen molar-refractivity contribution >= 4 is 11.5 Å². The molecule has 21 heavy (non-hydrogen) atoms. The van der Waals surface area contributed by atoms with E-state index in [1.54, 1.807) is 19.2 Å². The van der Waals surface area contributed by atoms with Crippen LogP contribution in [-0.4, -0.2) is 35.8 Å². The van der Waals surface area contributed by atoms with Gasteiger partial charge in [0.05, 0.1) is 12.0 Å². The predicted octanol–water partition coefficient (Wildman–Crippen LogP) is 2.40. The minimum absolute atomic E-state index is 0.0610. The van der Waals surface area contributed by atoms with Gasteiger partial charge in [-0.2, -0.15) is 0 Å². The number of hydrogen-bond acceptors (Lipinski definition) is 5. The molecule has 0 amide bonds. The molecule has 1 aromatic rings. The number of nitro groups is 1. The lowest BCUT2D eigenvalue weighted by atomic mass is 9.94. The number of ether oxygens (including phenoxy) is 1. The summed E-state index contributed by atoms with van der Waals surface area (Å²) in [7, 11) is 1.55. The zero-order chi connectivity index (χ0) is 15.4. The first-order chi connectivity index (χ1) is 10.0. The van der Waals surface area contributed by atoms with Crippen LogP contribution in [0.25, 0.3) is 0 Å².